The van der Waals surface area contributed by atoms with Crippen LogP contribution in [-0.2, 0) is 9.53 Å². The van der Waals surface area contributed by atoms with Gasteiger partial charge in [-0.25, -0.2) is 9.69 Å². The highest BCUT2D eigenvalue weighted by molar-refractivity contribution is 5.98. The Kier molecular flexibility index (Phi) is 6.09. The summed E-state index contributed by atoms with van der Waals surface area (Å²) in [6.07, 6.45) is 2.56. The van der Waals surface area contributed by atoms with Crippen molar-refractivity contribution < 1.29 is 19.1 Å². The molecule has 0 fully saturated rings. The van der Waals surface area contributed by atoms with E-state index in [1.807, 2.05) is 60.7 Å². The van der Waals surface area contributed by atoms with Gasteiger partial charge in [-0.1, -0.05) is 54.6 Å². The predicted octanol–water partition coefficient (Wildman–Crippen LogP) is 5.91. The molecule has 0 bridgehead atoms. The summed E-state index contributed by atoms with van der Waals surface area (Å²) in [5.41, 5.74) is 0.986. The molecule has 33 heavy (non-hydrogen) atoms. The number of ether oxygens (including phenoxy) is 2. The van der Waals surface area contributed by atoms with Crippen LogP contribution in [-0.4, -0.2) is 29.6 Å². The van der Waals surface area contributed by atoms with Gasteiger partial charge in [-0.3, -0.25) is 4.79 Å². The van der Waals surface area contributed by atoms with E-state index in [2.05, 4.69) is 11.4 Å². The van der Waals surface area contributed by atoms with Crippen LogP contribution >= 0.6 is 0 Å². The standard InChI is InChI=1S/C27H28N2O4/c1-27(2,3)33-26(31)29-16-15-21(25(29)30)24(28-22-11-7-8-12-23(22)32-4)20-14-13-18-9-5-6-10-19(18)17-20/h5-17,21,24,28H,1-4H3. The quantitative estimate of drug-likeness (QED) is 0.530. The minimum Gasteiger partial charge on any atom is -0.495 e. The molecular formula is C27H28N2O4. The molecule has 170 valence electrons. The molecule has 2 atom stereocenters. The lowest BCUT2D eigenvalue weighted by molar-refractivity contribution is -0.129. The third kappa shape index (κ3) is 4.85. The van der Waals surface area contributed by atoms with Gasteiger partial charge in [0, 0.05) is 6.20 Å². The molecule has 6 heteroatoms. The highest BCUT2D eigenvalue weighted by Gasteiger charge is 2.39. The molecule has 3 aromatic rings. The maximum absolute atomic E-state index is 13.3. The van der Waals surface area contributed by atoms with Gasteiger partial charge in [0.2, 0.25) is 5.91 Å². The van der Waals surface area contributed by atoms with E-state index in [0.29, 0.717) is 5.75 Å². The molecule has 1 N–H and O–H groups in total. The van der Waals surface area contributed by atoms with Crippen molar-refractivity contribution in [2.45, 2.75) is 32.4 Å². The van der Waals surface area contributed by atoms with Crippen LogP contribution in [0.25, 0.3) is 10.8 Å². The number of carbonyl (C=O) groups is 2. The van der Waals surface area contributed by atoms with Crippen molar-refractivity contribution in [2.24, 2.45) is 5.92 Å². The van der Waals surface area contributed by atoms with Crippen LogP contribution in [0.4, 0.5) is 10.5 Å². The van der Waals surface area contributed by atoms with Crippen molar-refractivity contribution in [1.82, 2.24) is 4.90 Å². The Balaban J connectivity index is 1.70. The van der Waals surface area contributed by atoms with Crippen molar-refractivity contribution in [1.29, 1.82) is 0 Å². The zero-order valence-electron chi connectivity index (χ0n) is 19.2. The molecule has 1 aliphatic rings. The molecule has 6 nitrogen and oxygen atoms in total. The van der Waals surface area contributed by atoms with E-state index in [1.54, 1.807) is 34.0 Å². The number of hydrogen-bond donors (Lipinski definition) is 1. The van der Waals surface area contributed by atoms with Gasteiger partial charge in [-0.15, -0.1) is 0 Å². The minimum absolute atomic E-state index is 0.343. The van der Waals surface area contributed by atoms with Gasteiger partial charge in [-0.05, 0) is 55.3 Å². The van der Waals surface area contributed by atoms with E-state index in [4.69, 9.17) is 9.47 Å². The van der Waals surface area contributed by atoms with E-state index in [1.165, 1.54) is 6.20 Å². The fraction of sp³-hybridized carbons (Fsp3) is 0.259. The molecule has 0 aromatic heterocycles. The van der Waals surface area contributed by atoms with Gasteiger partial charge in [0.15, 0.2) is 0 Å². The zero-order chi connectivity index (χ0) is 23.6. The number of methoxy groups -OCH3 is 1. The third-order valence-electron chi connectivity index (χ3n) is 5.46. The van der Waals surface area contributed by atoms with E-state index in [9.17, 15) is 9.59 Å². The third-order valence-corrected chi connectivity index (χ3v) is 5.46. The normalized spacial score (nSPS) is 16.7. The molecule has 0 spiro atoms. The zero-order valence-corrected chi connectivity index (χ0v) is 19.2. The molecule has 2 unspecified atom stereocenters. The van der Waals surface area contributed by atoms with Gasteiger partial charge in [0.25, 0.3) is 0 Å². The fourth-order valence-electron chi connectivity index (χ4n) is 3.92. The number of imide groups is 1. The Bertz CT molecular complexity index is 1210. The van der Waals surface area contributed by atoms with Crippen LogP contribution in [0.1, 0.15) is 32.4 Å². The number of amides is 2. The van der Waals surface area contributed by atoms with Crippen molar-refractivity contribution in [3.05, 3.63) is 84.6 Å². The topological polar surface area (TPSA) is 67.9 Å². The molecule has 0 radical (unpaired) electrons. The lowest BCUT2D eigenvalue weighted by atomic mass is 9.91. The first-order valence-corrected chi connectivity index (χ1v) is 10.9. The maximum atomic E-state index is 13.3. The summed E-state index contributed by atoms with van der Waals surface area (Å²) in [5.74, 6) is -0.282. The van der Waals surface area contributed by atoms with Gasteiger partial charge < -0.3 is 14.8 Å². The molecule has 3 aromatic carbocycles. The van der Waals surface area contributed by atoms with Crippen molar-refractivity contribution in [2.75, 3.05) is 12.4 Å². The molecule has 2 amide bonds. The lowest BCUT2D eigenvalue weighted by Crippen LogP contribution is -2.39. The number of nitrogens with one attached hydrogen (secondary N) is 1. The fourth-order valence-corrected chi connectivity index (χ4v) is 3.92. The van der Waals surface area contributed by atoms with Crippen LogP contribution in [0.5, 0.6) is 5.75 Å². The smallest absolute Gasteiger partial charge is 0.421 e. The van der Waals surface area contributed by atoms with E-state index >= 15 is 0 Å². The number of nitrogens with zero attached hydrogens (tertiary/aromatic N) is 1. The second kappa shape index (κ2) is 8.98. The van der Waals surface area contributed by atoms with E-state index in [0.717, 1.165) is 26.9 Å². The van der Waals surface area contributed by atoms with Crippen LogP contribution in [0.2, 0.25) is 0 Å². The lowest BCUT2D eigenvalue weighted by Gasteiger charge is -2.27. The summed E-state index contributed by atoms with van der Waals surface area (Å²) in [7, 11) is 1.61. The molecule has 0 saturated heterocycles. The highest BCUT2D eigenvalue weighted by Crippen LogP contribution is 2.36. The largest absolute Gasteiger partial charge is 0.495 e. The van der Waals surface area contributed by atoms with Crippen molar-refractivity contribution >= 4 is 28.5 Å². The van der Waals surface area contributed by atoms with Gasteiger partial charge >= 0.3 is 6.09 Å². The molecule has 1 aliphatic heterocycles. The average molecular weight is 445 g/mol. The molecule has 0 saturated carbocycles. The number of fused-ring (bicyclic) bond motifs is 1. The Morgan fingerprint density at radius 1 is 1.00 bits per heavy atom. The summed E-state index contributed by atoms with van der Waals surface area (Å²) in [6.45, 7) is 5.31. The predicted molar refractivity (Wildman–Crippen MR) is 129 cm³/mol. The molecule has 4 rings (SSSR count). The Morgan fingerprint density at radius 3 is 2.42 bits per heavy atom. The first-order chi connectivity index (χ1) is 15.8. The average Bonchev–Trinajstić information content (AvgIpc) is 3.17. The maximum Gasteiger partial charge on any atom is 0.421 e. The number of anilines is 1. The summed E-state index contributed by atoms with van der Waals surface area (Å²) < 4.78 is 10.9. The van der Waals surface area contributed by atoms with E-state index < -0.39 is 23.7 Å². The highest BCUT2D eigenvalue weighted by atomic mass is 16.6. The van der Waals surface area contributed by atoms with Gasteiger partial charge in [0.05, 0.1) is 24.8 Å². The Morgan fingerprint density at radius 2 is 1.70 bits per heavy atom. The molecule has 1 heterocycles. The summed E-state index contributed by atoms with van der Waals surface area (Å²) in [6, 6.07) is 21.3. The monoisotopic (exact) mass is 444 g/mol. The van der Waals surface area contributed by atoms with Crippen LogP contribution < -0.4 is 10.1 Å². The first kappa shape index (κ1) is 22.4. The Labute approximate surface area is 193 Å². The second-order valence-corrected chi connectivity index (χ2v) is 8.98. The molecular weight excluding hydrogens is 416 g/mol. The number of rotatable bonds is 5. The van der Waals surface area contributed by atoms with Crippen molar-refractivity contribution in [3.63, 3.8) is 0 Å². The first-order valence-electron chi connectivity index (χ1n) is 10.9. The second-order valence-electron chi connectivity index (χ2n) is 8.98. The van der Waals surface area contributed by atoms with Gasteiger partial charge in [-0.2, -0.15) is 0 Å². The summed E-state index contributed by atoms with van der Waals surface area (Å²) in [4.78, 5) is 27.0. The van der Waals surface area contributed by atoms with Crippen LogP contribution in [0.3, 0.4) is 0 Å². The van der Waals surface area contributed by atoms with Crippen LogP contribution in [0.15, 0.2) is 79.0 Å². The molecule has 0 aliphatic carbocycles. The van der Waals surface area contributed by atoms with Gasteiger partial charge in [0.1, 0.15) is 11.4 Å². The number of benzene rings is 3. The summed E-state index contributed by atoms with van der Waals surface area (Å²) >= 11 is 0. The van der Waals surface area contributed by atoms with Crippen LogP contribution in [0, 0.1) is 5.92 Å². The number of hydrogen-bond acceptors (Lipinski definition) is 5. The Hall–Kier alpha value is -3.80. The summed E-state index contributed by atoms with van der Waals surface area (Å²) in [5, 5.41) is 5.67. The number of carbonyl (C=O) groups excluding carboxylic acids is 2. The van der Waals surface area contributed by atoms with Crippen molar-refractivity contribution in [3.8, 4) is 5.75 Å². The van der Waals surface area contributed by atoms with E-state index in [-0.39, 0.29) is 5.91 Å². The minimum atomic E-state index is -0.698. The number of para-hydroxylation sites is 2. The SMILES string of the molecule is COc1ccccc1NC(c1ccc2ccccc2c1)C1C=CN(C(=O)OC(C)(C)C)C1=O.